The van der Waals surface area contributed by atoms with Crippen LogP contribution in [-0.2, 0) is 23.0 Å². The van der Waals surface area contributed by atoms with Gasteiger partial charge in [-0.3, -0.25) is 9.52 Å². The molecule has 30 heavy (non-hydrogen) atoms. The maximum atomic E-state index is 15.1. The summed E-state index contributed by atoms with van der Waals surface area (Å²) in [5, 5.41) is 2.62. The zero-order chi connectivity index (χ0) is 21.7. The zero-order valence-corrected chi connectivity index (χ0v) is 17.4. The van der Waals surface area contributed by atoms with E-state index in [-0.39, 0.29) is 23.5 Å². The molecule has 1 aliphatic heterocycles. The third-order valence-electron chi connectivity index (χ3n) is 5.83. The Hall–Kier alpha value is -2.68. The maximum Gasteiger partial charge on any atom is 0.289 e. The lowest BCUT2D eigenvalue weighted by molar-refractivity contribution is 0.578. The Morgan fingerprint density at radius 3 is 2.63 bits per heavy atom. The summed E-state index contributed by atoms with van der Waals surface area (Å²) < 4.78 is 58.5. The van der Waals surface area contributed by atoms with E-state index in [0.29, 0.717) is 43.5 Å². The van der Waals surface area contributed by atoms with Crippen molar-refractivity contribution in [2.24, 2.45) is 0 Å². The molecule has 0 bridgehead atoms. The predicted molar refractivity (Wildman–Crippen MR) is 113 cm³/mol. The zero-order valence-electron chi connectivity index (χ0n) is 16.6. The molecule has 2 aliphatic rings. The fourth-order valence-electron chi connectivity index (χ4n) is 3.95. The number of rotatable bonds is 7. The number of aryl methyl sites for hydroxylation is 1. The Labute approximate surface area is 173 Å². The van der Waals surface area contributed by atoms with Crippen LogP contribution in [0.4, 0.5) is 25.8 Å². The molecule has 1 aliphatic carbocycles. The maximum absolute atomic E-state index is 15.1. The number of aromatic nitrogens is 1. The number of pyridine rings is 1. The van der Waals surface area contributed by atoms with E-state index in [9.17, 15) is 17.6 Å². The van der Waals surface area contributed by atoms with Gasteiger partial charge >= 0.3 is 0 Å². The van der Waals surface area contributed by atoms with Gasteiger partial charge in [0.1, 0.15) is 11.5 Å². The monoisotopic (exact) mass is 435 g/mol. The van der Waals surface area contributed by atoms with E-state index in [0.717, 1.165) is 0 Å². The van der Waals surface area contributed by atoms with Gasteiger partial charge in [-0.25, -0.2) is 12.8 Å². The van der Waals surface area contributed by atoms with Gasteiger partial charge in [-0.05, 0) is 56.7 Å². The van der Waals surface area contributed by atoms with Crippen molar-refractivity contribution in [1.82, 2.24) is 4.57 Å². The summed E-state index contributed by atoms with van der Waals surface area (Å²) in [4.78, 5) is 12.5. The lowest BCUT2D eigenvalue weighted by Gasteiger charge is -2.22. The first kappa shape index (κ1) is 20.6. The molecule has 1 aromatic heterocycles. The second-order valence-corrected chi connectivity index (χ2v) is 10.0. The number of hydrogen-bond donors (Lipinski definition) is 2. The Kier molecular flexibility index (Phi) is 4.96. The Bertz CT molecular complexity index is 1200. The summed E-state index contributed by atoms with van der Waals surface area (Å²) in [5.74, 6) is -1.78. The summed E-state index contributed by atoms with van der Waals surface area (Å²) >= 11 is 0. The van der Waals surface area contributed by atoms with Gasteiger partial charge in [-0.15, -0.1) is 6.58 Å². The molecule has 9 heteroatoms. The molecule has 0 saturated heterocycles. The third kappa shape index (κ3) is 3.30. The van der Waals surface area contributed by atoms with Crippen LogP contribution in [0.25, 0.3) is 0 Å². The van der Waals surface area contributed by atoms with Crippen LogP contribution in [0.5, 0.6) is 0 Å². The fourth-order valence-corrected chi connectivity index (χ4v) is 5.63. The smallest absolute Gasteiger partial charge is 0.289 e. The van der Waals surface area contributed by atoms with E-state index in [1.807, 2.05) is 0 Å². The minimum Gasteiger partial charge on any atom is -0.349 e. The van der Waals surface area contributed by atoms with Crippen molar-refractivity contribution in [3.63, 3.8) is 0 Å². The lowest BCUT2D eigenvalue weighted by atomic mass is 10.2. The van der Waals surface area contributed by atoms with Crippen molar-refractivity contribution in [3.8, 4) is 0 Å². The normalized spacial score (nSPS) is 16.8. The SMILES string of the molecule is C=CCC1(S(=O)(=O)Nc2c(Nc3ccc(C)cc3F)c(F)c(=O)n3c2CCC3)CC1. The van der Waals surface area contributed by atoms with E-state index in [4.69, 9.17) is 0 Å². The highest BCUT2D eigenvalue weighted by molar-refractivity contribution is 7.94. The Morgan fingerprint density at radius 1 is 1.27 bits per heavy atom. The molecule has 0 atom stereocenters. The molecule has 4 rings (SSSR count). The molecular formula is C21H23F2N3O3S. The van der Waals surface area contributed by atoms with Gasteiger partial charge in [0.25, 0.3) is 5.56 Å². The molecule has 6 nitrogen and oxygen atoms in total. The highest BCUT2D eigenvalue weighted by Gasteiger charge is 2.54. The number of sulfonamides is 1. The molecule has 0 amide bonds. The van der Waals surface area contributed by atoms with Crippen LogP contribution in [0.2, 0.25) is 0 Å². The number of nitrogens with one attached hydrogen (secondary N) is 2. The number of halogens is 2. The third-order valence-corrected chi connectivity index (χ3v) is 8.01. The molecule has 1 aromatic carbocycles. The van der Waals surface area contributed by atoms with Gasteiger partial charge in [0.05, 0.1) is 16.1 Å². The number of nitrogens with zero attached hydrogens (tertiary/aromatic N) is 1. The van der Waals surface area contributed by atoms with Gasteiger partial charge in [0, 0.05) is 12.2 Å². The molecule has 2 aromatic rings. The lowest BCUT2D eigenvalue weighted by Crippen LogP contribution is -2.32. The second kappa shape index (κ2) is 7.23. The highest BCUT2D eigenvalue weighted by Crippen LogP contribution is 2.48. The standard InChI is InChI=1S/C21H23F2N3O3S/c1-3-8-21(9-10-21)30(28,29)25-18-16-5-4-11-26(16)20(27)17(23)19(18)24-15-7-6-13(2)12-14(15)22/h3,6-7,12,24-25H,1,4-5,8-11H2,2H3. The molecular weight excluding hydrogens is 412 g/mol. The molecule has 1 saturated carbocycles. The van der Waals surface area contributed by atoms with E-state index >= 15 is 4.39 Å². The quantitative estimate of drug-likeness (QED) is 0.645. The largest absolute Gasteiger partial charge is 0.349 e. The van der Waals surface area contributed by atoms with Crippen LogP contribution in [0.1, 0.15) is 36.9 Å². The summed E-state index contributed by atoms with van der Waals surface area (Å²) in [5.41, 5.74) is -0.209. The van der Waals surface area contributed by atoms with Crippen molar-refractivity contribution in [1.29, 1.82) is 0 Å². The molecule has 2 N–H and O–H groups in total. The topological polar surface area (TPSA) is 80.2 Å². The minimum atomic E-state index is -3.88. The van der Waals surface area contributed by atoms with Crippen molar-refractivity contribution in [2.75, 3.05) is 10.0 Å². The van der Waals surface area contributed by atoms with Crippen LogP contribution < -0.4 is 15.6 Å². The summed E-state index contributed by atoms with van der Waals surface area (Å²) in [7, 11) is -3.88. The van der Waals surface area contributed by atoms with E-state index in [1.54, 1.807) is 19.1 Å². The number of allylic oxidation sites excluding steroid dienone is 1. The molecule has 0 spiro atoms. The minimum absolute atomic E-state index is 0.0279. The van der Waals surface area contributed by atoms with Gasteiger partial charge in [-0.1, -0.05) is 12.1 Å². The van der Waals surface area contributed by atoms with Crippen LogP contribution in [-0.4, -0.2) is 17.7 Å². The fraction of sp³-hybridized carbons (Fsp3) is 0.381. The first-order chi connectivity index (χ1) is 14.2. The average molecular weight is 435 g/mol. The molecule has 2 heterocycles. The van der Waals surface area contributed by atoms with Crippen molar-refractivity contribution >= 4 is 27.1 Å². The van der Waals surface area contributed by atoms with Crippen LogP contribution in [0, 0.1) is 18.6 Å². The van der Waals surface area contributed by atoms with Crippen molar-refractivity contribution in [2.45, 2.75) is 50.3 Å². The van der Waals surface area contributed by atoms with Crippen molar-refractivity contribution < 1.29 is 17.2 Å². The molecule has 0 radical (unpaired) electrons. The number of benzene rings is 1. The molecule has 0 unspecified atom stereocenters. The first-order valence-electron chi connectivity index (χ1n) is 9.81. The number of fused-ring (bicyclic) bond motifs is 1. The van der Waals surface area contributed by atoms with E-state index in [1.165, 1.54) is 16.7 Å². The number of anilines is 3. The molecule has 1 fully saturated rings. The van der Waals surface area contributed by atoms with Gasteiger partial charge in [-0.2, -0.15) is 4.39 Å². The summed E-state index contributed by atoms with van der Waals surface area (Å²) in [6.45, 7) is 5.64. The van der Waals surface area contributed by atoms with Crippen molar-refractivity contribution in [3.05, 3.63) is 64.1 Å². The number of hydrogen-bond acceptors (Lipinski definition) is 4. The first-order valence-corrected chi connectivity index (χ1v) is 11.3. The summed E-state index contributed by atoms with van der Waals surface area (Å²) in [6.07, 6.45) is 3.77. The van der Waals surface area contributed by atoms with Crippen LogP contribution >= 0.6 is 0 Å². The van der Waals surface area contributed by atoms with E-state index in [2.05, 4.69) is 16.6 Å². The summed E-state index contributed by atoms with van der Waals surface area (Å²) in [6, 6.07) is 4.33. The van der Waals surface area contributed by atoms with Crippen LogP contribution in [0.3, 0.4) is 0 Å². The average Bonchev–Trinajstić information content (AvgIpc) is 3.32. The molecule has 160 valence electrons. The predicted octanol–water partition coefficient (Wildman–Crippen LogP) is 3.98. The van der Waals surface area contributed by atoms with Gasteiger partial charge in [0.15, 0.2) is 0 Å². The van der Waals surface area contributed by atoms with E-state index < -0.39 is 32.0 Å². The van der Waals surface area contributed by atoms with Gasteiger partial charge in [0.2, 0.25) is 15.8 Å². The second-order valence-electron chi connectivity index (χ2n) is 7.96. The Morgan fingerprint density at radius 2 is 2.00 bits per heavy atom. The van der Waals surface area contributed by atoms with Crippen LogP contribution in [0.15, 0.2) is 35.6 Å². The Balaban J connectivity index is 1.85. The van der Waals surface area contributed by atoms with Gasteiger partial charge < -0.3 is 9.88 Å². The highest BCUT2D eigenvalue weighted by atomic mass is 32.2.